The molecule has 62 heavy (non-hydrogen) atoms. The van der Waals surface area contributed by atoms with E-state index in [1.807, 2.05) is 90.4 Å². The van der Waals surface area contributed by atoms with Gasteiger partial charge in [0.25, 0.3) is 23.6 Å². The number of hydrogen-bond donors (Lipinski definition) is 15. The number of aliphatic hydroxyl groups is 9. The summed E-state index contributed by atoms with van der Waals surface area (Å²) in [4.78, 5) is 79.7. The topological polar surface area (TPSA) is 357 Å². The highest BCUT2D eigenvalue weighted by atomic mass is 127. The molecule has 2 aromatic rings. The fraction of sp³-hybridized carbons (Fsp3) is 0.486. The van der Waals surface area contributed by atoms with Crippen molar-refractivity contribution in [1.29, 1.82) is 0 Å². The van der Waals surface area contributed by atoms with Crippen molar-refractivity contribution in [3.63, 3.8) is 0 Å². The lowest BCUT2D eigenvalue weighted by Crippen LogP contribution is -2.37. The van der Waals surface area contributed by atoms with Gasteiger partial charge >= 0.3 is 0 Å². The molecule has 0 bridgehead atoms. The van der Waals surface area contributed by atoms with Crippen LogP contribution in [0.2, 0.25) is 0 Å². The Bertz CT molecular complexity index is 1720. The fourth-order valence-electron chi connectivity index (χ4n) is 4.94. The predicted molar refractivity (Wildman–Crippen MR) is 273 cm³/mol. The van der Waals surface area contributed by atoms with Crippen molar-refractivity contribution in [2.75, 3.05) is 63.2 Å². The zero-order valence-electron chi connectivity index (χ0n) is 32.1. The second kappa shape index (κ2) is 28.5. The number of carbonyl (C=O) groups excluding carboxylic acids is 6. The molecule has 21 nitrogen and oxygen atoms in total. The Morgan fingerprint density at radius 1 is 0.387 bits per heavy atom. The second-order valence-electron chi connectivity index (χ2n) is 13.1. The number of rotatable bonds is 24. The molecular formula is C35H44I6N6O15. The van der Waals surface area contributed by atoms with Crippen molar-refractivity contribution in [3.8, 4) is 0 Å². The molecule has 0 unspecified atom stereocenters. The zero-order chi connectivity index (χ0) is 47.0. The van der Waals surface area contributed by atoms with E-state index in [1.54, 1.807) is 45.2 Å². The van der Waals surface area contributed by atoms with Crippen LogP contribution in [-0.2, 0) is 9.59 Å². The number of carbonyl (C=O) groups is 6. The van der Waals surface area contributed by atoms with Gasteiger partial charge in [0, 0.05) is 46.2 Å². The molecule has 0 aliphatic rings. The molecule has 6 amide bonds. The largest absolute Gasteiger partial charge is 0.394 e. The maximum absolute atomic E-state index is 13.3. The first kappa shape index (κ1) is 57.4. The van der Waals surface area contributed by atoms with Crippen molar-refractivity contribution >= 4 is 182 Å². The van der Waals surface area contributed by atoms with E-state index in [1.165, 1.54) is 0 Å². The van der Waals surface area contributed by atoms with E-state index in [-0.39, 0.29) is 107 Å². The lowest BCUT2D eigenvalue weighted by atomic mass is 10.1. The summed E-state index contributed by atoms with van der Waals surface area (Å²) in [5.74, 6) is -4.21. The summed E-state index contributed by atoms with van der Waals surface area (Å²) in [5.41, 5.74) is -0.00375. The number of benzene rings is 2. The number of amides is 6. The molecule has 27 heteroatoms. The molecule has 0 aliphatic carbocycles. The van der Waals surface area contributed by atoms with E-state index in [4.69, 9.17) is 0 Å². The monoisotopic (exact) mass is 1550 g/mol. The summed E-state index contributed by atoms with van der Waals surface area (Å²) < 4.78 is 1.21. The summed E-state index contributed by atoms with van der Waals surface area (Å²) in [7, 11) is 0. The van der Waals surface area contributed by atoms with Crippen LogP contribution in [0.5, 0.6) is 0 Å². The van der Waals surface area contributed by atoms with Gasteiger partial charge in [0.2, 0.25) is 11.8 Å². The van der Waals surface area contributed by atoms with E-state index in [2.05, 4.69) is 31.9 Å². The van der Waals surface area contributed by atoms with Crippen LogP contribution in [0.1, 0.15) is 67.1 Å². The number of nitrogens with one attached hydrogen (secondary N) is 6. The molecule has 346 valence electrons. The summed E-state index contributed by atoms with van der Waals surface area (Å²) >= 11 is 10.8. The number of anilines is 2. The van der Waals surface area contributed by atoms with Gasteiger partial charge in [-0.15, -0.1) is 0 Å². The van der Waals surface area contributed by atoms with Gasteiger partial charge in [0.15, 0.2) is 0 Å². The molecule has 0 aromatic heterocycles. The van der Waals surface area contributed by atoms with Gasteiger partial charge in [0.1, 0.15) is 0 Å². The molecular weight excluding hydrogens is 1510 g/mol. The number of aliphatic hydroxyl groups excluding tert-OH is 9. The van der Waals surface area contributed by atoms with Crippen molar-refractivity contribution in [3.05, 3.63) is 43.7 Å². The molecule has 0 saturated carbocycles. The average molecular weight is 1550 g/mol. The van der Waals surface area contributed by atoms with Crippen LogP contribution in [0.4, 0.5) is 11.4 Å². The minimum Gasteiger partial charge on any atom is -0.394 e. The molecule has 0 aliphatic heterocycles. The minimum absolute atomic E-state index is 0.0371. The van der Waals surface area contributed by atoms with Gasteiger partial charge in [-0.2, -0.15) is 0 Å². The third kappa shape index (κ3) is 16.9. The number of halogens is 6. The fourth-order valence-corrected chi connectivity index (χ4v) is 13.8. The lowest BCUT2D eigenvalue weighted by molar-refractivity contribution is -0.116. The van der Waals surface area contributed by atoms with Crippen LogP contribution in [0.15, 0.2) is 0 Å². The Kier molecular flexibility index (Phi) is 26.3. The Morgan fingerprint density at radius 2 is 0.613 bits per heavy atom. The molecule has 0 radical (unpaired) electrons. The summed E-state index contributed by atoms with van der Waals surface area (Å²) in [6, 6.07) is 0. The van der Waals surface area contributed by atoms with Crippen LogP contribution >= 0.6 is 136 Å². The first-order valence-corrected chi connectivity index (χ1v) is 24.6. The Labute approximate surface area is 436 Å². The molecule has 4 atom stereocenters. The van der Waals surface area contributed by atoms with Gasteiger partial charge < -0.3 is 77.9 Å². The maximum atomic E-state index is 13.3. The van der Waals surface area contributed by atoms with Crippen molar-refractivity contribution < 1.29 is 74.7 Å². The van der Waals surface area contributed by atoms with E-state index in [9.17, 15) is 74.7 Å². The second-order valence-corrected chi connectivity index (χ2v) is 19.6. The lowest BCUT2D eigenvalue weighted by Gasteiger charge is -2.21. The van der Waals surface area contributed by atoms with Crippen LogP contribution in [0.3, 0.4) is 0 Å². The average Bonchev–Trinajstić information content (AvgIpc) is 3.24. The van der Waals surface area contributed by atoms with Crippen LogP contribution in [0.25, 0.3) is 0 Å². The normalized spacial score (nSPS) is 13.2. The molecule has 0 heterocycles. The van der Waals surface area contributed by atoms with Crippen molar-refractivity contribution in [1.82, 2.24) is 21.3 Å². The maximum Gasteiger partial charge on any atom is 0.253 e. The van der Waals surface area contributed by atoms with Crippen molar-refractivity contribution in [2.45, 2.75) is 56.2 Å². The van der Waals surface area contributed by atoms with Crippen LogP contribution in [0, 0.1) is 21.4 Å². The van der Waals surface area contributed by atoms with Gasteiger partial charge in [-0.05, 0) is 148 Å². The smallest absolute Gasteiger partial charge is 0.253 e. The molecule has 2 rings (SSSR count). The first-order chi connectivity index (χ1) is 29.1. The standard InChI is InChI=1S/C35H44I6N6O15/c36-24-20(32(59)42-5-14(53)9-48)26(38)30(27(39)21(24)33(60)43-6-15(54)10-49)46-18(57)3-1-13(52)2-4-19(58)47-31-28(40)22(34(61)44-7-16(55)11-50)25(37)23(29(31)41)35(62)45-8-17(56)12-51/h13-17,48-56H,1-12H2,(H,42,59)(H,43,60)(H,44,61)(H,45,62)(H,46,57)(H,47,58)/t14-,15-,16-,17-/m1/s1. The summed E-state index contributed by atoms with van der Waals surface area (Å²) in [5, 5.41) is 102. The quantitative estimate of drug-likeness (QED) is 0.0569. The highest BCUT2D eigenvalue weighted by Crippen LogP contribution is 2.37. The summed E-state index contributed by atoms with van der Waals surface area (Å²) in [6.07, 6.45) is -7.12. The molecule has 0 saturated heterocycles. The van der Waals surface area contributed by atoms with Gasteiger partial charge in [0.05, 0.1) is 105 Å². The van der Waals surface area contributed by atoms with Gasteiger partial charge in [-0.1, -0.05) is 0 Å². The van der Waals surface area contributed by atoms with Gasteiger partial charge in [-0.3, -0.25) is 28.8 Å². The van der Waals surface area contributed by atoms with Crippen LogP contribution in [-0.4, -0.2) is 165 Å². The molecule has 0 spiro atoms. The van der Waals surface area contributed by atoms with E-state index in [0.29, 0.717) is 0 Å². The van der Waals surface area contributed by atoms with E-state index >= 15 is 0 Å². The highest BCUT2D eigenvalue weighted by molar-refractivity contribution is 14.1. The zero-order valence-corrected chi connectivity index (χ0v) is 45.1. The van der Waals surface area contributed by atoms with E-state index in [0.717, 1.165) is 0 Å². The molecule has 0 fully saturated rings. The number of hydrogen-bond acceptors (Lipinski definition) is 15. The molecule has 15 N–H and O–H groups in total. The van der Waals surface area contributed by atoms with Crippen molar-refractivity contribution in [2.24, 2.45) is 0 Å². The Hall–Kier alpha value is -0.720. The third-order valence-electron chi connectivity index (χ3n) is 8.32. The Morgan fingerprint density at radius 3 is 0.823 bits per heavy atom. The predicted octanol–water partition coefficient (Wildman–Crippen LogP) is -0.855. The first-order valence-electron chi connectivity index (χ1n) is 18.1. The third-order valence-corrected chi connectivity index (χ3v) is 14.8. The molecule has 2 aromatic carbocycles. The summed E-state index contributed by atoms with van der Waals surface area (Å²) in [6.45, 7) is -3.84. The Balaban J connectivity index is 2.30. The SMILES string of the molecule is O=C(CCC(O)CCC(=O)Nc1c(I)c(C(=O)NC[C@@H](O)CO)c(I)c(C(=O)NC[C@@H](O)CO)c1I)Nc1c(I)c(C(=O)NC[C@@H](O)CO)c(I)c(C(=O)NC[C@@H](O)CO)c1I. The highest BCUT2D eigenvalue weighted by Gasteiger charge is 2.31. The van der Waals surface area contributed by atoms with Gasteiger partial charge in [-0.25, -0.2) is 0 Å². The van der Waals surface area contributed by atoms with Crippen LogP contribution < -0.4 is 31.9 Å². The van der Waals surface area contributed by atoms with E-state index < -0.39 is 92.4 Å². The minimum atomic E-state index is -1.27.